The molecule has 4 heterocycles. The fraction of sp³-hybridized carbons (Fsp3) is 0.280. The lowest BCUT2D eigenvalue weighted by Gasteiger charge is -2.26. The number of hydrogen-bond donors (Lipinski definition) is 2. The zero-order chi connectivity index (χ0) is 24.2. The van der Waals surface area contributed by atoms with E-state index in [9.17, 15) is 13.6 Å². The number of ether oxygens (including phenoxy) is 1. The molecule has 10 heteroatoms. The van der Waals surface area contributed by atoms with Gasteiger partial charge in [-0.05, 0) is 61.3 Å². The van der Waals surface area contributed by atoms with E-state index in [1.807, 2.05) is 30.6 Å². The van der Waals surface area contributed by atoms with Crippen molar-refractivity contribution in [1.82, 2.24) is 25.1 Å². The quantitative estimate of drug-likeness (QED) is 0.394. The highest BCUT2D eigenvalue weighted by Gasteiger charge is 2.17. The van der Waals surface area contributed by atoms with Crippen LogP contribution in [-0.4, -0.2) is 50.7 Å². The van der Waals surface area contributed by atoms with E-state index in [0.29, 0.717) is 11.1 Å². The number of nitrogens with one attached hydrogen (secondary N) is 2. The summed E-state index contributed by atoms with van der Waals surface area (Å²) in [4.78, 5) is 23.5. The van der Waals surface area contributed by atoms with E-state index in [1.165, 1.54) is 37.6 Å². The highest BCUT2D eigenvalue weighted by molar-refractivity contribution is 6.11. The van der Waals surface area contributed by atoms with E-state index in [1.54, 1.807) is 0 Å². The highest BCUT2D eigenvalue weighted by Crippen LogP contribution is 2.27. The number of carbonyl (C=O) groups is 1. The molecule has 0 atom stereocenters. The number of amides is 1. The molecular formula is C25H24F2N6O2. The molecule has 0 spiro atoms. The molecule has 1 aliphatic heterocycles. The molecule has 0 saturated carbocycles. The molecule has 180 valence electrons. The third kappa shape index (κ3) is 5.43. The van der Waals surface area contributed by atoms with Crippen molar-refractivity contribution in [3.63, 3.8) is 0 Å². The van der Waals surface area contributed by atoms with Gasteiger partial charge in [-0.15, -0.1) is 0 Å². The van der Waals surface area contributed by atoms with Crippen LogP contribution in [0.4, 0.5) is 14.5 Å². The average Bonchev–Trinajstić information content (AvgIpc) is 3.29. The molecule has 35 heavy (non-hydrogen) atoms. The fourth-order valence-corrected chi connectivity index (χ4v) is 4.28. The van der Waals surface area contributed by atoms with Crippen molar-refractivity contribution in [1.29, 1.82) is 0 Å². The third-order valence-electron chi connectivity index (χ3n) is 5.97. The van der Waals surface area contributed by atoms with Gasteiger partial charge in [0.25, 0.3) is 5.91 Å². The molecule has 4 aromatic rings. The molecule has 0 aliphatic carbocycles. The van der Waals surface area contributed by atoms with Gasteiger partial charge in [0.1, 0.15) is 0 Å². The monoisotopic (exact) mass is 478 g/mol. The Morgan fingerprint density at radius 2 is 1.91 bits per heavy atom. The number of benzene rings is 1. The van der Waals surface area contributed by atoms with E-state index in [2.05, 4.69) is 41.2 Å². The Labute approximate surface area is 200 Å². The Morgan fingerprint density at radius 3 is 2.69 bits per heavy atom. The van der Waals surface area contributed by atoms with E-state index in [4.69, 9.17) is 0 Å². The Kier molecular flexibility index (Phi) is 6.62. The Bertz CT molecular complexity index is 1320. The minimum absolute atomic E-state index is 0.215. The number of likely N-dealkylation sites (tertiary alicyclic amines) is 1. The van der Waals surface area contributed by atoms with Crippen LogP contribution in [0.3, 0.4) is 0 Å². The van der Waals surface area contributed by atoms with Gasteiger partial charge in [-0.3, -0.25) is 19.8 Å². The molecule has 1 saturated heterocycles. The van der Waals surface area contributed by atoms with Gasteiger partial charge >= 0.3 is 6.61 Å². The number of H-pyrrole nitrogens is 1. The van der Waals surface area contributed by atoms with Crippen LogP contribution in [-0.2, 0) is 6.54 Å². The number of nitrogens with zero attached hydrogens (tertiary/aromatic N) is 4. The van der Waals surface area contributed by atoms with Crippen LogP contribution in [0.25, 0.3) is 22.0 Å². The standard InChI is InChI=1S/C25H24F2N6O2/c26-25(27)35-22-7-5-19(14-29-22)30-24(34)23-20-11-17(4-6-21(20)31-32-23)18-10-16(12-28-13-18)15-33-8-2-1-3-9-33/h4-7,10-14,25H,1-3,8-9,15H2,(H,30,34)(H,31,32). The van der Waals surface area contributed by atoms with Crippen LogP contribution in [0.1, 0.15) is 35.3 Å². The lowest BCUT2D eigenvalue weighted by molar-refractivity contribution is -0.0528. The van der Waals surface area contributed by atoms with E-state index >= 15 is 0 Å². The van der Waals surface area contributed by atoms with Gasteiger partial charge in [0, 0.05) is 36.0 Å². The summed E-state index contributed by atoms with van der Waals surface area (Å²) >= 11 is 0. The number of aromatic nitrogens is 4. The molecular weight excluding hydrogens is 454 g/mol. The van der Waals surface area contributed by atoms with Crippen LogP contribution in [0.15, 0.2) is 55.0 Å². The number of pyridine rings is 2. The number of alkyl halides is 2. The topological polar surface area (TPSA) is 96.0 Å². The lowest BCUT2D eigenvalue weighted by Crippen LogP contribution is -2.29. The van der Waals surface area contributed by atoms with Gasteiger partial charge in [0.2, 0.25) is 5.88 Å². The number of carbonyl (C=O) groups excluding carboxylic acids is 1. The number of halogens is 2. The summed E-state index contributed by atoms with van der Waals surface area (Å²) in [6.07, 6.45) is 8.73. The van der Waals surface area contributed by atoms with Crippen LogP contribution >= 0.6 is 0 Å². The van der Waals surface area contributed by atoms with Crippen molar-refractivity contribution in [2.75, 3.05) is 18.4 Å². The predicted octanol–water partition coefficient (Wildman–Crippen LogP) is 4.86. The first-order valence-electron chi connectivity index (χ1n) is 11.4. The molecule has 0 unspecified atom stereocenters. The van der Waals surface area contributed by atoms with Crippen molar-refractivity contribution < 1.29 is 18.3 Å². The van der Waals surface area contributed by atoms with Crippen molar-refractivity contribution in [2.24, 2.45) is 0 Å². The fourth-order valence-electron chi connectivity index (χ4n) is 4.28. The second-order valence-corrected chi connectivity index (χ2v) is 8.47. The summed E-state index contributed by atoms with van der Waals surface area (Å²) in [5, 5.41) is 10.4. The van der Waals surface area contributed by atoms with Gasteiger partial charge in [0.05, 0.1) is 17.4 Å². The number of fused-ring (bicyclic) bond motifs is 1. The molecule has 1 aromatic carbocycles. The zero-order valence-corrected chi connectivity index (χ0v) is 18.9. The molecule has 0 bridgehead atoms. The van der Waals surface area contributed by atoms with Gasteiger partial charge in [-0.1, -0.05) is 12.5 Å². The number of hydrogen-bond acceptors (Lipinski definition) is 6. The van der Waals surface area contributed by atoms with Crippen molar-refractivity contribution in [3.8, 4) is 17.0 Å². The van der Waals surface area contributed by atoms with Gasteiger partial charge in [-0.2, -0.15) is 13.9 Å². The minimum atomic E-state index is -2.96. The van der Waals surface area contributed by atoms with Crippen molar-refractivity contribution in [3.05, 3.63) is 66.2 Å². The minimum Gasteiger partial charge on any atom is -0.417 e. The Morgan fingerprint density at radius 1 is 1.06 bits per heavy atom. The molecule has 8 nitrogen and oxygen atoms in total. The average molecular weight is 479 g/mol. The molecule has 5 rings (SSSR count). The van der Waals surface area contributed by atoms with Crippen LogP contribution in [0, 0.1) is 0 Å². The van der Waals surface area contributed by atoms with Gasteiger partial charge in [0.15, 0.2) is 5.69 Å². The smallest absolute Gasteiger partial charge is 0.388 e. The molecule has 0 radical (unpaired) electrons. The maximum Gasteiger partial charge on any atom is 0.388 e. The normalized spacial score (nSPS) is 14.4. The molecule has 1 fully saturated rings. The van der Waals surface area contributed by atoms with Gasteiger partial charge in [-0.25, -0.2) is 4.98 Å². The van der Waals surface area contributed by atoms with Crippen molar-refractivity contribution >= 4 is 22.5 Å². The first-order chi connectivity index (χ1) is 17.0. The molecule has 2 N–H and O–H groups in total. The number of anilines is 1. The second-order valence-electron chi connectivity index (χ2n) is 8.47. The van der Waals surface area contributed by atoms with E-state index in [0.717, 1.165) is 41.8 Å². The second kappa shape index (κ2) is 10.1. The summed E-state index contributed by atoms with van der Waals surface area (Å²) in [5.41, 5.74) is 4.31. The summed E-state index contributed by atoms with van der Waals surface area (Å²) in [5.74, 6) is -0.682. The number of aromatic amines is 1. The number of piperidine rings is 1. The SMILES string of the molecule is O=C(Nc1ccc(OC(F)F)nc1)c1n[nH]c2ccc(-c3cncc(CN4CCCCC4)c3)cc12. The Hall–Kier alpha value is -3.92. The maximum absolute atomic E-state index is 12.9. The number of rotatable bonds is 7. The molecule has 1 aliphatic rings. The van der Waals surface area contributed by atoms with Gasteiger partial charge < -0.3 is 10.1 Å². The first-order valence-corrected chi connectivity index (χ1v) is 11.4. The van der Waals surface area contributed by atoms with Crippen LogP contribution in [0.2, 0.25) is 0 Å². The zero-order valence-electron chi connectivity index (χ0n) is 18.9. The first kappa shape index (κ1) is 22.9. The predicted molar refractivity (Wildman–Crippen MR) is 127 cm³/mol. The summed E-state index contributed by atoms with van der Waals surface area (Å²) in [6, 6.07) is 10.6. The van der Waals surface area contributed by atoms with Crippen LogP contribution < -0.4 is 10.1 Å². The largest absolute Gasteiger partial charge is 0.417 e. The van der Waals surface area contributed by atoms with Crippen molar-refractivity contribution in [2.45, 2.75) is 32.4 Å². The van der Waals surface area contributed by atoms with E-state index < -0.39 is 12.5 Å². The lowest BCUT2D eigenvalue weighted by atomic mass is 10.0. The maximum atomic E-state index is 12.9. The van der Waals surface area contributed by atoms with E-state index in [-0.39, 0.29) is 11.6 Å². The summed E-state index contributed by atoms with van der Waals surface area (Å²) < 4.78 is 28.8. The highest BCUT2D eigenvalue weighted by atomic mass is 19.3. The molecule has 1 amide bonds. The third-order valence-corrected chi connectivity index (χ3v) is 5.97. The van der Waals surface area contributed by atoms with Crippen LogP contribution in [0.5, 0.6) is 5.88 Å². The Balaban J connectivity index is 1.35. The summed E-state index contributed by atoms with van der Waals surface area (Å²) in [6.45, 7) is 0.133. The summed E-state index contributed by atoms with van der Waals surface area (Å²) in [7, 11) is 0. The molecule has 3 aromatic heterocycles.